The van der Waals surface area contributed by atoms with E-state index in [9.17, 15) is 29.4 Å². The van der Waals surface area contributed by atoms with Crippen LogP contribution in [-0.2, 0) is 33.4 Å². The number of carbonyl (C=O) groups excluding carboxylic acids is 4. The van der Waals surface area contributed by atoms with Crippen molar-refractivity contribution >= 4 is 23.7 Å². The van der Waals surface area contributed by atoms with Crippen molar-refractivity contribution in [2.75, 3.05) is 6.61 Å². The largest absolute Gasteiger partial charge is 0.461 e. The van der Waals surface area contributed by atoms with E-state index in [4.69, 9.17) is 14.2 Å². The second-order valence-electron chi connectivity index (χ2n) is 12.0. The molecule has 0 aromatic carbocycles. The van der Waals surface area contributed by atoms with Crippen LogP contribution in [0.15, 0.2) is 46.6 Å². The second-order valence-corrected chi connectivity index (χ2v) is 12.0. The molecule has 9 atom stereocenters. The Labute approximate surface area is 234 Å². The summed E-state index contributed by atoms with van der Waals surface area (Å²) in [6.45, 7) is 12.8. The monoisotopic (exact) mass is 556 g/mol. The van der Waals surface area contributed by atoms with Crippen LogP contribution in [0.2, 0.25) is 0 Å². The lowest BCUT2D eigenvalue weighted by Gasteiger charge is -2.48. The van der Waals surface area contributed by atoms with Crippen molar-refractivity contribution in [1.82, 2.24) is 0 Å². The number of aliphatic hydroxyl groups is 2. The summed E-state index contributed by atoms with van der Waals surface area (Å²) in [6.07, 6.45) is 3.85. The van der Waals surface area contributed by atoms with E-state index in [0.29, 0.717) is 23.1 Å². The lowest BCUT2D eigenvalue weighted by molar-refractivity contribution is -0.202. The number of esters is 3. The zero-order valence-corrected chi connectivity index (χ0v) is 24.4. The number of aliphatic hydroxyl groups excluding tert-OH is 1. The summed E-state index contributed by atoms with van der Waals surface area (Å²) in [7, 11) is 0. The zero-order chi connectivity index (χ0) is 29.9. The molecule has 0 aliphatic heterocycles. The third-order valence-electron chi connectivity index (χ3n) is 9.79. The van der Waals surface area contributed by atoms with E-state index in [1.807, 2.05) is 13.8 Å². The van der Waals surface area contributed by atoms with Gasteiger partial charge in [0, 0.05) is 35.8 Å². The van der Waals surface area contributed by atoms with E-state index >= 15 is 0 Å². The number of ketones is 1. The highest BCUT2D eigenvalue weighted by molar-refractivity contribution is 5.96. The Morgan fingerprint density at radius 2 is 1.70 bits per heavy atom. The summed E-state index contributed by atoms with van der Waals surface area (Å²) in [6, 6.07) is 0. The van der Waals surface area contributed by atoms with E-state index in [1.54, 1.807) is 58.9 Å². The number of allylic oxidation sites excluding steroid dienone is 3. The lowest BCUT2D eigenvalue weighted by atomic mass is 9.59. The van der Waals surface area contributed by atoms with Gasteiger partial charge in [0.05, 0.1) is 5.41 Å². The summed E-state index contributed by atoms with van der Waals surface area (Å²) in [5, 5.41) is 24.4. The van der Waals surface area contributed by atoms with Crippen molar-refractivity contribution in [3.63, 3.8) is 0 Å². The Hall–Kier alpha value is -3.04. The number of fused-ring (bicyclic) bond motifs is 3. The fourth-order valence-electron chi connectivity index (χ4n) is 7.27. The minimum atomic E-state index is -2.26. The lowest BCUT2D eigenvalue weighted by Crippen LogP contribution is -2.66. The van der Waals surface area contributed by atoms with Crippen molar-refractivity contribution in [2.45, 2.75) is 85.2 Å². The number of ether oxygens (including phenoxy) is 3. The van der Waals surface area contributed by atoms with Crippen molar-refractivity contribution in [1.29, 1.82) is 0 Å². The van der Waals surface area contributed by atoms with Gasteiger partial charge in [0.15, 0.2) is 17.5 Å². The molecule has 2 saturated carbocycles. The summed E-state index contributed by atoms with van der Waals surface area (Å²) in [4.78, 5) is 52.1. The Balaban J connectivity index is 1.87. The third-order valence-corrected chi connectivity index (χ3v) is 9.79. The summed E-state index contributed by atoms with van der Waals surface area (Å²) >= 11 is 0. The maximum absolute atomic E-state index is 14.7. The molecule has 0 aromatic heterocycles. The van der Waals surface area contributed by atoms with Crippen LogP contribution in [0, 0.1) is 29.1 Å². The molecule has 2 bridgehead atoms. The van der Waals surface area contributed by atoms with Gasteiger partial charge < -0.3 is 24.4 Å². The molecule has 0 aromatic rings. The molecule has 4 aliphatic rings. The Morgan fingerprint density at radius 1 is 1.10 bits per heavy atom. The van der Waals surface area contributed by atoms with Crippen molar-refractivity contribution in [3.05, 3.63) is 46.6 Å². The molecular formula is C31H40O9. The summed E-state index contributed by atoms with van der Waals surface area (Å²) in [5.41, 5.74) is -3.48. The van der Waals surface area contributed by atoms with E-state index < -0.39 is 64.5 Å². The molecule has 4 rings (SSSR count). The van der Waals surface area contributed by atoms with Gasteiger partial charge in [0.1, 0.15) is 18.3 Å². The van der Waals surface area contributed by atoms with Crippen molar-refractivity contribution in [3.8, 4) is 0 Å². The Kier molecular flexibility index (Phi) is 7.56. The number of hydrogen-bond acceptors (Lipinski definition) is 9. The molecule has 0 amide bonds. The molecular weight excluding hydrogens is 516 g/mol. The standard InChI is InChI=1S/C31H40O9/c1-9-15(3)27(35)39-26-17(5)13-30-18(6)11-22-23(29(22,8)40-28(36)16(4)10-2)21(25(30)34)12-20(14-38-19(7)32)24(33)31(26,30)37/h9-10,12-13,18,21-24,26,33,37H,11,14H2,1-8H3. The van der Waals surface area contributed by atoms with Crippen LogP contribution in [0.25, 0.3) is 0 Å². The third kappa shape index (κ3) is 4.12. The predicted octanol–water partition coefficient (Wildman–Crippen LogP) is 3.15. The first-order chi connectivity index (χ1) is 18.6. The molecule has 9 unspecified atom stereocenters. The molecule has 9 heteroatoms. The number of Topliss-reactive ketones (excluding diaryl/α,β-unsaturated/α-hetero) is 1. The van der Waals surface area contributed by atoms with Crippen LogP contribution in [0.3, 0.4) is 0 Å². The molecule has 218 valence electrons. The first-order valence-corrected chi connectivity index (χ1v) is 13.8. The van der Waals surface area contributed by atoms with Crippen molar-refractivity contribution in [2.24, 2.45) is 29.1 Å². The van der Waals surface area contributed by atoms with E-state index in [1.165, 1.54) is 6.92 Å². The molecule has 4 aliphatic carbocycles. The zero-order valence-electron chi connectivity index (χ0n) is 24.4. The van der Waals surface area contributed by atoms with Crippen LogP contribution >= 0.6 is 0 Å². The number of carbonyl (C=O) groups is 4. The van der Waals surface area contributed by atoms with Crippen LogP contribution in [0.5, 0.6) is 0 Å². The summed E-state index contributed by atoms with van der Waals surface area (Å²) in [5.74, 6) is -4.10. The maximum Gasteiger partial charge on any atom is 0.334 e. The fraction of sp³-hybridized carbons (Fsp3) is 0.613. The molecule has 0 radical (unpaired) electrons. The second kappa shape index (κ2) is 10.1. The average Bonchev–Trinajstić information content (AvgIpc) is 3.42. The highest BCUT2D eigenvalue weighted by Gasteiger charge is 2.78. The van der Waals surface area contributed by atoms with Gasteiger partial charge in [-0.2, -0.15) is 0 Å². The molecule has 2 N–H and O–H groups in total. The Morgan fingerprint density at radius 3 is 2.27 bits per heavy atom. The fourth-order valence-corrected chi connectivity index (χ4v) is 7.27. The molecule has 1 spiro atoms. The molecule has 0 saturated heterocycles. The molecule has 40 heavy (non-hydrogen) atoms. The van der Waals surface area contributed by atoms with Crippen molar-refractivity contribution < 1.29 is 43.6 Å². The van der Waals surface area contributed by atoms with Crippen LogP contribution < -0.4 is 0 Å². The average molecular weight is 557 g/mol. The highest BCUT2D eigenvalue weighted by atomic mass is 16.6. The van der Waals surface area contributed by atoms with Gasteiger partial charge in [-0.25, -0.2) is 9.59 Å². The summed E-state index contributed by atoms with van der Waals surface area (Å²) < 4.78 is 17.0. The van der Waals surface area contributed by atoms with Gasteiger partial charge in [-0.15, -0.1) is 0 Å². The van der Waals surface area contributed by atoms with Crippen LogP contribution in [0.4, 0.5) is 0 Å². The minimum Gasteiger partial charge on any atom is -0.461 e. The van der Waals surface area contributed by atoms with Crippen LogP contribution in [-0.4, -0.2) is 63.9 Å². The van der Waals surface area contributed by atoms with Gasteiger partial charge in [-0.1, -0.05) is 31.2 Å². The first kappa shape index (κ1) is 29.9. The molecule has 0 heterocycles. The topological polar surface area (TPSA) is 136 Å². The number of rotatable bonds is 6. The molecule has 2 fully saturated rings. The van der Waals surface area contributed by atoms with Gasteiger partial charge in [0.25, 0.3) is 0 Å². The first-order valence-electron chi connectivity index (χ1n) is 13.8. The van der Waals surface area contributed by atoms with Gasteiger partial charge in [-0.05, 0) is 65.0 Å². The highest BCUT2D eigenvalue weighted by Crippen LogP contribution is 2.69. The van der Waals surface area contributed by atoms with E-state index in [2.05, 4.69) is 0 Å². The maximum atomic E-state index is 14.7. The van der Waals surface area contributed by atoms with E-state index in [-0.39, 0.29) is 23.9 Å². The SMILES string of the molecule is CC=C(C)C(=O)OC1C(C)=CC23C(=O)C(C=C(COC(C)=O)C(O)C12O)C1C(CC3C)C1(C)OC(=O)C(C)=CC. The van der Waals surface area contributed by atoms with E-state index in [0.717, 1.165) is 0 Å². The van der Waals surface area contributed by atoms with Crippen LogP contribution in [0.1, 0.15) is 61.8 Å². The Bertz CT molecular complexity index is 1270. The smallest absolute Gasteiger partial charge is 0.334 e. The van der Waals surface area contributed by atoms with Gasteiger partial charge in [0.2, 0.25) is 0 Å². The minimum absolute atomic E-state index is 0.128. The van der Waals surface area contributed by atoms with Gasteiger partial charge >= 0.3 is 17.9 Å². The molecule has 9 nitrogen and oxygen atoms in total. The predicted molar refractivity (Wildman–Crippen MR) is 144 cm³/mol. The quantitative estimate of drug-likeness (QED) is 0.219. The van der Waals surface area contributed by atoms with Gasteiger partial charge in [-0.3, -0.25) is 9.59 Å². The number of hydrogen-bond donors (Lipinski definition) is 2. The normalized spacial score (nSPS) is 40.5.